The van der Waals surface area contributed by atoms with Gasteiger partial charge in [-0.1, -0.05) is 30.3 Å². The van der Waals surface area contributed by atoms with Crippen LogP contribution in [0.1, 0.15) is 22.3 Å². The number of rotatable bonds is 3. The minimum absolute atomic E-state index is 0.110. The van der Waals surface area contributed by atoms with Crippen molar-refractivity contribution in [1.29, 1.82) is 0 Å². The molecule has 196 valence electrons. The van der Waals surface area contributed by atoms with E-state index in [0.29, 0.717) is 24.0 Å². The molecular weight excluding hydrogens is 538 g/mol. The molecule has 2 amide bonds. The smallest absolute Gasteiger partial charge is 0.345 e. The molecule has 0 aromatic heterocycles. The van der Waals surface area contributed by atoms with Crippen molar-refractivity contribution in [1.82, 2.24) is 10.6 Å². The largest absolute Gasteiger partial charge is 0.471 e. The number of alkyl halides is 6. The highest BCUT2D eigenvalue weighted by atomic mass is 35.7. The minimum Gasteiger partial charge on any atom is -0.345 e. The van der Waals surface area contributed by atoms with Crippen molar-refractivity contribution in [3.63, 3.8) is 0 Å². The van der Waals surface area contributed by atoms with E-state index in [9.17, 15) is 44.3 Å². The Morgan fingerprint density at radius 3 is 1.50 bits per heavy atom. The van der Waals surface area contributed by atoms with Gasteiger partial charge < -0.3 is 10.6 Å². The van der Waals surface area contributed by atoms with E-state index in [1.807, 2.05) is 34.9 Å². The van der Waals surface area contributed by atoms with Crippen molar-refractivity contribution in [3.8, 4) is 0 Å². The first-order valence-electron chi connectivity index (χ1n) is 10.4. The molecule has 1 unspecified atom stereocenters. The van der Waals surface area contributed by atoms with Gasteiger partial charge in [-0.2, -0.15) is 26.3 Å². The number of benzene rings is 2. The van der Waals surface area contributed by atoms with Crippen LogP contribution in [0, 0.1) is 0 Å². The molecule has 2 aliphatic rings. The average molecular weight is 557 g/mol. The van der Waals surface area contributed by atoms with Crippen molar-refractivity contribution in [3.05, 3.63) is 64.7 Å². The standard InChI is InChI=1S/C11H9ClF3NO3S.C11H10F3NO/c12-20(18,19)9-2-1-6-3-8(4-7(6)5-9)16-10(17)11(13,14)15;12-11(13,14)10(16)15-9-5-7-3-1-2-4-8(7)6-9/h1-2,5,8H,3-4H2,(H,16,17);1-4,9H,5-6H2,(H,15,16). The van der Waals surface area contributed by atoms with Crippen LogP contribution < -0.4 is 10.6 Å². The topological polar surface area (TPSA) is 92.3 Å². The first-order valence-corrected chi connectivity index (χ1v) is 12.7. The van der Waals surface area contributed by atoms with Crippen LogP contribution in [0.3, 0.4) is 0 Å². The van der Waals surface area contributed by atoms with Crippen LogP contribution in [0.15, 0.2) is 47.4 Å². The summed E-state index contributed by atoms with van der Waals surface area (Å²) >= 11 is 0. The SMILES string of the molecule is O=C(NC1Cc2ccc(S(=O)(=O)Cl)cc2C1)C(F)(F)F.O=C(NC1Cc2ccccc2C1)C(F)(F)F. The molecule has 0 spiro atoms. The Hall–Kier alpha value is -2.80. The molecule has 0 fully saturated rings. The summed E-state index contributed by atoms with van der Waals surface area (Å²) in [5.41, 5.74) is 3.28. The van der Waals surface area contributed by atoms with Crippen LogP contribution in [0.25, 0.3) is 0 Å². The van der Waals surface area contributed by atoms with Gasteiger partial charge in [-0.15, -0.1) is 0 Å². The molecule has 4 rings (SSSR count). The molecule has 14 heteroatoms. The summed E-state index contributed by atoms with van der Waals surface area (Å²) in [6.45, 7) is 0. The summed E-state index contributed by atoms with van der Waals surface area (Å²) < 4.78 is 94.8. The fourth-order valence-electron chi connectivity index (χ4n) is 4.04. The summed E-state index contributed by atoms with van der Waals surface area (Å²) in [5, 5.41) is 3.88. The zero-order chi connectivity index (χ0) is 26.9. The summed E-state index contributed by atoms with van der Waals surface area (Å²) in [4.78, 5) is 21.5. The summed E-state index contributed by atoms with van der Waals surface area (Å²) in [6, 6.07) is 10.4. The fourth-order valence-corrected chi connectivity index (χ4v) is 4.85. The normalized spacial score (nSPS) is 17.5. The number of carbonyl (C=O) groups is 2. The summed E-state index contributed by atoms with van der Waals surface area (Å²) in [6.07, 6.45) is -8.43. The number of nitrogens with one attached hydrogen (secondary N) is 2. The number of hydrogen-bond acceptors (Lipinski definition) is 4. The van der Waals surface area contributed by atoms with Crippen LogP contribution in [0.5, 0.6) is 0 Å². The van der Waals surface area contributed by atoms with Gasteiger partial charge in [0.25, 0.3) is 9.05 Å². The van der Waals surface area contributed by atoms with Crippen LogP contribution in [0.2, 0.25) is 0 Å². The second-order valence-corrected chi connectivity index (χ2v) is 10.9. The zero-order valence-corrected chi connectivity index (χ0v) is 19.8. The molecule has 0 aliphatic heterocycles. The van der Waals surface area contributed by atoms with Crippen molar-refractivity contribution in [2.75, 3.05) is 0 Å². The van der Waals surface area contributed by atoms with Crippen LogP contribution in [-0.4, -0.2) is 44.7 Å². The van der Waals surface area contributed by atoms with Gasteiger partial charge in [-0.3, -0.25) is 9.59 Å². The lowest BCUT2D eigenvalue weighted by atomic mass is 10.1. The van der Waals surface area contributed by atoms with Gasteiger partial charge >= 0.3 is 24.2 Å². The molecule has 2 aromatic carbocycles. The first kappa shape index (κ1) is 27.8. The molecule has 2 aromatic rings. The van der Waals surface area contributed by atoms with Gasteiger partial charge in [-0.05, 0) is 60.1 Å². The van der Waals surface area contributed by atoms with Gasteiger partial charge in [0.2, 0.25) is 0 Å². The number of amides is 2. The predicted octanol–water partition coefficient (Wildman–Crippen LogP) is 3.59. The van der Waals surface area contributed by atoms with E-state index in [1.54, 1.807) is 0 Å². The quantitative estimate of drug-likeness (QED) is 0.446. The molecular formula is C22H19ClF6N2O4S. The first-order chi connectivity index (χ1) is 16.5. The van der Waals surface area contributed by atoms with Gasteiger partial charge in [0.1, 0.15) is 0 Å². The maximum Gasteiger partial charge on any atom is 0.471 e. The van der Waals surface area contributed by atoms with Crippen LogP contribution >= 0.6 is 10.7 Å². The van der Waals surface area contributed by atoms with Gasteiger partial charge in [0.15, 0.2) is 0 Å². The molecule has 0 radical (unpaired) electrons. The summed E-state index contributed by atoms with van der Waals surface area (Å²) in [5.74, 6) is -3.86. The third-order valence-electron chi connectivity index (χ3n) is 5.63. The third-order valence-corrected chi connectivity index (χ3v) is 6.98. The van der Waals surface area contributed by atoms with Crippen LogP contribution in [0.4, 0.5) is 26.3 Å². The molecule has 0 saturated carbocycles. The van der Waals surface area contributed by atoms with E-state index >= 15 is 0 Å². The average Bonchev–Trinajstić information content (AvgIpc) is 3.34. The predicted molar refractivity (Wildman–Crippen MR) is 117 cm³/mol. The van der Waals surface area contributed by atoms with Crippen molar-refractivity contribution >= 4 is 31.5 Å². The van der Waals surface area contributed by atoms with E-state index in [1.165, 1.54) is 18.2 Å². The Morgan fingerprint density at radius 2 is 1.11 bits per heavy atom. The zero-order valence-electron chi connectivity index (χ0n) is 18.2. The Bertz CT molecular complexity index is 1240. The van der Waals surface area contributed by atoms with Crippen molar-refractivity contribution < 1.29 is 44.3 Å². The number of carbonyl (C=O) groups excluding carboxylic acids is 2. The summed E-state index contributed by atoms with van der Waals surface area (Å²) in [7, 11) is 1.31. The molecule has 2 aliphatic carbocycles. The van der Waals surface area contributed by atoms with Gasteiger partial charge in [0.05, 0.1) is 4.90 Å². The monoisotopic (exact) mass is 556 g/mol. The highest BCUT2D eigenvalue weighted by Crippen LogP contribution is 2.27. The fraction of sp³-hybridized carbons (Fsp3) is 0.364. The minimum atomic E-state index is -4.93. The number of fused-ring (bicyclic) bond motifs is 2. The molecule has 1 atom stereocenters. The lowest BCUT2D eigenvalue weighted by Crippen LogP contribution is -2.43. The van der Waals surface area contributed by atoms with E-state index in [-0.39, 0.29) is 17.7 Å². The molecule has 0 bridgehead atoms. The van der Waals surface area contributed by atoms with Crippen molar-refractivity contribution in [2.24, 2.45) is 0 Å². The highest BCUT2D eigenvalue weighted by molar-refractivity contribution is 8.13. The van der Waals surface area contributed by atoms with E-state index in [2.05, 4.69) is 0 Å². The Morgan fingerprint density at radius 1 is 0.722 bits per heavy atom. The molecule has 36 heavy (non-hydrogen) atoms. The molecule has 0 heterocycles. The lowest BCUT2D eigenvalue weighted by molar-refractivity contribution is -0.174. The van der Waals surface area contributed by atoms with Crippen molar-refractivity contribution in [2.45, 2.75) is 55.0 Å². The Balaban J connectivity index is 0.000000205. The molecule has 2 N–H and O–H groups in total. The lowest BCUT2D eigenvalue weighted by Gasteiger charge is -2.13. The molecule has 0 saturated heterocycles. The number of hydrogen-bond donors (Lipinski definition) is 2. The van der Waals surface area contributed by atoms with E-state index < -0.39 is 45.3 Å². The molecule has 6 nitrogen and oxygen atoms in total. The maximum atomic E-state index is 12.1. The second-order valence-electron chi connectivity index (χ2n) is 8.29. The van der Waals surface area contributed by atoms with E-state index in [4.69, 9.17) is 10.7 Å². The van der Waals surface area contributed by atoms with Crippen LogP contribution in [-0.2, 0) is 44.3 Å². The maximum absolute atomic E-state index is 12.1. The second kappa shape index (κ2) is 10.3. The van der Waals surface area contributed by atoms with E-state index in [0.717, 1.165) is 11.1 Å². The third kappa shape index (κ3) is 7.12. The highest BCUT2D eigenvalue weighted by Gasteiger charge is 2.41. The Labute approximate surface area is 206 Å². The number of halogens is 7. The van der Waals surface area contributed by atoms with Gasteiger partial charge in [-0.25, -0.2) is 8.42 Å². The Kier molecular flexibility index (Phi) is 7.94. The van der Waals surface area contributed by atoms with Gasteiger partial charge in [0, 0.05) is 22.8 Å².